The lowest BCUT2D eigenvalue weighted by molar-refractivity contribution is -0.158. The van der Waals surface area contributed by atoms with Gasteiger partial charge in [0.25, 0.3) is 0 Å². The van der Waals surface area contributed by atoms with Crippen LogP contribution in [0.5, 0.6) is 0 Å². The Balaban J connectivity index is 1.47. The van der Waals surface area contributed by atoms with Gasteiger partial charge in [-0.2, -0.15) is 0 Å². The summed E-state index contributed by atoms with van der Waals surface area (Å²) in [5.74, 6) is 0.386. The SMILES string of the molecule is C=C1C(=O)OC2CC3C4(C)CCC(C(C)CC(=O)C=C(C)C)C4(C)CCC34CC4(CCC(=O)O)C12. The van der Waals surface area contributed by atoms with E-state index < -0.39 is 5.97 Å². The zero-order chi connectivity index (χ0) is 25.6. The van der Waals surface area contributed by atoms with Crippen LogP contribution in [0.1, 0.15) is 92.4 Å². The molecule has 0 amide bonds. The highest BCUT2D eigenvalue weighted by Crippen LogP contribution is 2.88. The predicted octanol–water partition coefficient (Wildman–Crippen LogP) is 6.12. The highest BCUT2D eigenvalue weighted by molar-refractivity contribution is 5.91. The highest BCUT2D eigenvalue weighted by atomic mass is 16.6. The summed E-state index contributed by atoms with van der Waals surface area (Å²) in [6.45, 7) is 15.3. The second-order valence-corrected chi connectivity index (χ2v) is 13.5. The highest BCUT2D eigenvalue weighted by Gasteiger charge is 2.83. The fraction of sp³-hybridized carbons (Fsp3) is 0.767. The smallest absolute Gasteiger partial charge is 0.334 e. The van der Waals surface area contributed by atoms with Crippen LogP contribution in [0.3, 0.4) is 0 Å². The van der Waals surface area contributed by atoms with Gasteiger partial charge in [0, 0.05) is 24.3 Å². The van der Waals surface area contributed by atoms with Gasteiger partial charge in [-0.1, -0.05) is 32.9 Å². The first kappa shape index (κ1) is 24.8. The maximum atomic E-state index is 12.6. The molecule has 5 rings (SSSR count). The van der Waals surface area contributed by atoms with Gasteiger partial charge in [-0.15, -0.1) is 0 Å². The molecule has 1 heterocycles. The number of carbonyl (C=O) groups is 3. The number of fused-ring (bicyclic) bond motifs is 4. The molecule has 0 radical (unpaired) electrons. The Hall–Kier alpha value is -1.91. The molecule has 0 aromatic heterocycles. The van der Waals surface area contributed by atoms with Gasteiger partial charge in [-0.3, -0.25) is 9.59 Å². The number of carboxylic acids is 1. The van der Waals surface area contributed by atoms with Gasteiger partial charge in [-0.25, -0.2) is 4.79 Å². The fourth-order valence-corrected chi connectivity index (χ4v) is 10.3. The Kier molecular flexibility index (Phi) is 5.51. The Morgan fingerprint density at radius 2 is 1.91 bits per heavy atom. The number of aliphatic carboxylic acids is 1. The monoisotopic (exact) mass is 482 g/mol. The first-order chi connectivity index (χ1) is 16.3. The molecule has 5 nitrogen and oxygen atoms in total. The molecule has 5 fully saturated rings. The van der Waals surface area contributed by atoms with Crippen LogP contribution in [0.2, 0.25) is 0 Å². The molecule has 4 aliphatic carbocycles. The van der Waals surface area contributed by atoms with Crippen LogP contribution in [0, 0.1) is 45.3 Å². The second kappa shape index (κ2) is 7.79. The number of ether oxygens (including phenoxy) is 1. The molecular weight excluding hydrogens is 440 g/mol. The fourth-order valence-electron chi connectivity index (χ4n) is 10.3. The van der Waals surface area contributed by atoms with E-state index in [1.165, 1.54) is 0 Å². The van der Waals surface area contributed by atoms with E-state index in [1.807, 2.05) is 13.8 Å². The molecule has 0 aromatic rings. The minimum absolute atomic E-state index is 0.0311. The summed E-state index contributed by atoms with van der Waals surface area (Å²) >= 11 is 0. The summed E-state index contributed by atoms with van der Waals surface area (Å²) in [6.07, 6.45) is 9.29. The van der Waals surface area contributed by atoms with Gasteiger partial charge >= 0.3 is 11.9 Å². The van der Waals surface area contributed by atoms with Crippen molar-refractivity contribution >= 4 is 17.7 Å². The Morgan fingerprint density at radius 3 is 2.57 bits per heavy atom. The molecule has 5 aliphatic rings. The quantitative estimate of drug-likeness (QED) is 0.349. The third-order valence-corrected chi connectivity index (χ3v) is 11.9. The zero-order valence-electron chi connectivity index (χ0n) is 22.1. The average Bonchev–Trinajstić information content (AvgIpc) is 3.21. The number of esters is 1. The Bertz CT molecular complexity index is 1020. The summed E-state index contributed by atoms with van der Waals surface area (Å²) in [5, 5.41) is 9.54. The molecule has 1 saturated heterocycles. The largest absolute Gasteiger partial charge is 0.481 e. The van der Waals surface area contributed by atoms with Gasteiger partial charge < -0.3 is 9.84 Å². The lowest BCUT2D eigenvalue weighted by Crippen LogP contribution is -2.56. The maximum Gasteiger partial charge on any atom is 0.334 e. The maximum absolute atomic E-state index is 12.6. The van der Waals surface area contributed by atoms with E-state index in [2.05, 4.69) is 27.4 Å². The van der Waals surface area contributed by atoms with E-state index in [-0.39, 0.29) is 51.9 Å². The molecule has 0 bridgehead atoms. The van der Waals surface area contributed by atoms with Crippen molar-refractivity contribution in [3.05, 3.63) is 23.8 Å². The molecule has 35 heavy (non-hydrogen) atoms. The van der Waals surface area contributed by atoms with Crippen molar-refractivity contribution in [1.82, 2.24) is 0 Å². The molecule has 9 unspecified atom stereocenters. The van der Waals surface area contributed by atoms with E-state index in [1.54, 1.807) is 6.08 Å². The van der Waals surface area contributed by atoms with Crippen molar-refractivity contribution in [3.63, 3.8) is 0 Å². The van der Waals surface area contributed by atoms with Gasteiger partial charge in [0.2, 0.25) is 0 Å². The molecular formula is C30H42O5. The van der Waals surface area contributed by atoms with Crippen molar-refractivity contribution in [2.75, 3.05) is 0 Å². The minimum atomic E-state index is -0.765. The summed E-state index contributed by atoms with van der Waals surface area (Å²) in [6, 6.07) is 0. The molecule has 192 valence electrons. The second-order valence-electron chi connectivity index (χ2n) is 13.5. The topological polar surface area (TPSA) is 80.7 Å². The van der Waals surface area contributed by atoms with Crippen LogP contribution < -0.4 is 0 Å². The number of allylic oxidation sites excluding steroid dienone is 2. The normalized spacial score (nSPS) is 46.0. The van der Waals surface area contributed by atoms with Gasteiger partial charge in [-0.05, 0) is 104 Å². The molecule has 4 saturated carbocycles. The minimum Gasteiger partial charge on any atom is -0.481 e. The molecule has 0 aromatic carbocycles. The number of carbonyl (C=O) groups excluding carboxylic acids is 2. The molecule has 1 aliphatic heterocycles. The molecule has 1 N–H and O–H groups in total. The van der Waals surface area contributed by atoms with Crippen LogP contribution in [0.4, 0.5) is 0 Å². The summed E-state index contributed by atoms with van der Waals surface area (Å²) in [5.41, 5.74) is 1.77. The number of hydrogen-bond acceptors (Lipinski definition) is 4. The summed E-state index contributed by atoms with van der Waals surface area (Å²) < 4.78 is 5.91. The number of rotatable bonds is 7. The predicted molar refractivity (Wildman–Crippen MR) is 133 cm³/mol. The van der Waals surface area contributed by atoms with Crippen molar-refractivity contribution in [1.29, 1.82) is 0 Å². The van der Waals surface area contributed by atoms with Crippen molar-refractivity contribution in [2.24, 2.45) is 45.3 Å². The van der Waals surface area contributed by atoms with E-state index in [0.29, 0.717) is 36.2 Å². The first-order valence-corrected chi connectivity index (χ1v) is 13.6. The third kappa shape index (κ3) is 3.21. The summed E-state index contributed by atoms with van der Waals surface area (Å²) in [4.78, 5) is 36.8. The van der Waals surface area contributed by atoms with Gasteiger partial charge in [0.05, 0.1) is 0 Å². The van der Waals surface area contributed by atoms with Crippen LogP contribution in [0.25, 0.3) is 0 Å². The first-order valence-electron chi connectivity index (χ1n) is 13.6. The number of ketones is 1. The standard InChI is InChI=1S/C30H42O5/c1-17(2)13-20(31)14-18(3)21-7-9-28(6)23-15-22-25(19(4)26(34)35-22)30(10-8-24(32)33)16-29(23,30)12-11-27(21,28)5/h13,18,21-23,25H,4,7-12,14-16H2,1-3,5-6H3,(H,32,33). The molecule has 9 atom stereocenters. The van der Waals surface area contributed by atoms with Crippen molar-refractivity contribution in [3.8, 4) is 0 Å². The lowest BCUT2D eigenvalue weighted by atomic mass is 9.43. The number of hydrogen-bond donors (Lipinski definition) is 1. The van der Waals surface area contributed by atoms with Crippen LogP contribution >= 0.6 is 0 Å². The van der Waals surface area contributed by atoms with Crippen LogP contribution in [0.15, 0.2) is 23.8 Å². The van der Waals surface area contributed by atoms with Crippen LogP contribution in [-0.4, -0.2) is 28.9 Å². The third-order valence-electron chi connectivity index (χ3n) is 11.9. The van der Waals surface area contributed by atoms with E-state index in [9.17, 15) is 19.5 Å². The lowest BCUT2D eigenvalue weighted by Gasteiger charge is -2.61. The number of carboxylic acid groups (broad SMARTS) is 1. The molecule has 5 heteroatoms. The van der Waals surface area contributed by atoms with Gasteiger partial charge in [0.15, 0.2) is 5.78 Å². The van der Waals surface area contributed by atoms with E-state index >= 15 is 0 Å². The van der Waals surface area contributed by atoms with Crippen molar-refractivity contribution < 1.29 is 24.2 Å². The van der Waals surface area contributed by atoms with E-state index in [0.717, 1.165) is 44.1 Å². The van der Waals surface area contributed by atoms with Crippen molar-refractivity contribution in [2.45, 2.75) is 98.5 Å². The molecule has 1 spiro atoms. The van der Waals surface area contributed by atoms with Gasteiger partial charge in [0.1, 0.15) is 6.10 Å². The van der Waals surface area contributed by atoms with E-state index in [4.69, 9.17) is 4.74 Å². The Labute approximate surface area is 209 Å². The average molecular weight is 483 g/mol. The zero-order valence-corrected chi connectivity index (χ0v) is 22.1. The Morgan fingerprint density at radius 1 is 1.20 bits per heavy atom. The summed E-state index contributed by atoms with van der Waals surface area (Å²) in [7, 11) is 0. The van der Waals surface area contributed by atoms with Crippen LogP contribution in [-0.2, 0) is 19.1 Å².